The third-order valence-electron chi connectivity index (χ3n) is 0.347. The van der Waals surface area contributed by atoms with Crippen molar-refractivity contribution in [2.75, 3.05) is 0 Å². The van der Waals surface area contributed by atoms with Crippen LogP contribution in [0.25, 0.3) is 0 Å². The van der Waals surface area contributed by atoms with E-state index >= 15 is 0 Å². The molecule has 0 aliphatic carbocycles. The summed E-state index contributed by atoms with van der Waals surface area (Å²) in [6.07, 6.45) is 3.10. The fraction of sp³-hybridized carbons (Fsp3) is 0.200. The lowest BCUT2D eigenvalue weighted by Gasteiger charge is -1.60. The van der Waals surface area contributed by atoms with Gasteiger partial charge >= 0.3 is 0 Å². The molecule has 0 fully saturated rings. The topological polar surface area (TPSA) is 69.1 Å². The first kappa shape index (κ1) is 7.68. The lowest BCUT2D eigenvalue weighted by molar-refractivity contribution is -0.115. The molecule has 9 heavy (non-hydrogen) atoms. The van der Waals surface area contributed by atoms with Crippen molar-refractivity contribution >= 4 is 5.91 Å². The molecule has 1 heterocycles. The van der Waals surface area contributed by atoms with Crippen LogP contribution in [0.15, 0.2) is 23.0 Å². The predicted octanol–water partition coefficient (Wildman–Crippen LogP) is 0.166. The standard InChI is InChI=1S/C3H3NO.C2H5NO/c1-2-4-5-3-1;1-2(3)4/h1-3H;1H3,(H2,3,4). The molecule has 0 unspecified atom stereocenters. The molecule has 0 aliphatic rings. The SMILES string of the molecule is CC(N)=O.c1cnoc1. The highest BCUT2D eigenvalue weighted by atomic mass is 16.5. The van der Waals surface area contributed by atoms with E-state index in [0.29, 0.717) is 0 Å². The number of carbonyl (C=O) groups is 1. The average Bonchev–Trinajstić information content (AvgIpc) is 2.11. The number of nitrogens with zero attached hydrogens (tertiary/aromatic N) is 1. The van der Waals surface area contributed by atoms with E-state index < -0.39 is 0 Å². The number of hydrogen-bond donors (Lipinski definition) is 1. The summed E-state index contributed by atoms with van der Waals surface area (Å²) in [4.78, 5) is 9.22. The van der Waals surface area contributed by atoms with E-state index in [-0.39, 0.29) is 5.91 Å². The van der Waals surface area contributed by atoms with Crippen molar-refractivity contribution in [1.82, 2.24) is 5.16 Å². The normalized spacial score (nSPS) is 7.22. The first-order valence-electron chi connectivity index (χ1n) is 2.34. The van der Waals surface area contributed by atoms with Crippen LogP contribution in [-0.4, -0.2) is 11.1 Å². The quantitative estimate of drug-likeness (QED) is 0.541. The summed E-state index contributed by atoms with van der Waals surface area (Å²) in [5.41, 5.74) is 4.47. The molecule has 0 saturated heterocycles. The minimum Gasteiger partial charge on any atom is -0.370 e. The van der Waals surface area contributed by atoms with Crippen LogP contribution in [0.3, 0.4) is 0 Å². The van der Waals surface area contributed by atoms with E-state index in [1.54, 1.807) is 12.3 Å². The van der Waals surface area contributed by atoms with Gasteiger partial charge in [0.2, 0.25) is 5.91 Å². The Hall–Kier alpha value is -1.32. The predicted molar refractivity (Wildman–Crippen MR) is 31.4 cm³/mol. The Morgan fingerprint density at radius 1 is 1.78 bits per heavy atom. The van der Waals surface area contributed by atoms with E-state index in [1.165, 1.54) is 13.2 Å². The zero-order chi connectivity index (χ0) is 7.11. The van der Waals surface area contributed by atoms with Gasteiger partial charge in [-0.3, -0.25) is 4.79 Å². The molecule has 1 amide bonds. The minimum absolute atomic E-state index is 0.333. The smallest absolute Gasteiger partial charge is 0.214 e. The van der Waals surface area contributed by atoms with Crippen LogP contribution in [0, 0.1) is 0 Å². The molecule has 0 atom stereocenters. The number of nitrogens with two attached hydrogens (primary N) is 1. The third kappa shape index (κ3) is 10.8. The Labute approximate surface area is 52.6 Å². The third-order valence-corrected chi connectivity index (χ3v) is 0.347. The van der Waals surface area contributed by atoms with Crippen molar-refractivity contribution in [1.29, 1.82) is 0 Å². The molecular weight excluding hydrogens is 120 g/mol. The van der Waals surface area contributed by atoms with Crippen molar-refractivity contribution in [3.63, 3.8) is 0 Å². The Morgan fingerprint density at radius 2 is 2.33 bits per heavy atom. The summed E-state index contributed by atoms with van der Waals surface area (Å²) in [5, 5.41) is 3.35. The summed E-state index contributed by atoms with van der Waals surface area (Å²) in [5.74, 6) is -0.333. The number of amides is 1. The number of hydrogen-bond acceptors (Lipinski definition) is 3. The van der Waals surface area contributed by atoms with Gasteiger partial charge in [0, 0.05) is 6.92 Å². The number of primary amides is 1. The highest BCUT2D eigenvalue weighted by Crippen LogP contribution is 1.72. The molecule has 4 heteroatoms. The first-order chi connectivity index (χ1) is 4.23. The van der Waals surface area contributed by atoms with Crippen molar-refractivity contribution in [3.8, 4) is 0 Å². The second-order valence-electron chi connectivity index (χ2n) is 1.30. The molecule has 50 valence electrons. The summed E-state index contributed by atoms with van der Waals surface area (Å²) < 4.78 is 4.33. The van der Waals surface area contributed by atoms with Gasteiger partial charge in [0.25, 0.3) is 0 Å². The zero-order valence-electron chi connectivity index (χ0n) is 5.07. The van der Waals surface area contributed by atoms with Crippen LogP contribution in [0.5, 0.6) is 0 Å². The molecule has 0 aromatic carbocycles. The summed E-state index contributed by atoms with van der Waals surface area (Å²) in [6, 6.07) is 1.72. The van der Waals surface area contributed by atoms with E-state index in [0.717, 1.165) is 0 Å². The highest BCUT2D eigenvalue weighted by Gasteiger charge is 1.61. The van der Waals surface area contributed by atoms with Crippen molar-refractivity contribution in [2.24, 2.45) is 5.73 Å². The van der Waals surface area contributed by atoms with Gasteiger partial charge in [-0.2, -0.15) is 0 Å². The number of carbonyl (C=O) groups excluding carboxylic acids is 1. The van der Waals surface area contributed by atoms with E-state index in [2.05, 4.69) is 15.4 Å². The second kappa shape index (κ2) is 4.83. The molecule has 0 bridgehead atoms. The van der Waals surface area contributed by atoms with Crippen molar-refractivity contribution in [2.45, 2.75) is 6.92 Å². The first-order valence-corrected chi connectivity index (χ1v) is 2.34. The maximum atomic E-state index is 9.22. The lowest BCUT2D eigenvalue weighted by atomic mass is 10.8. The molecule has 0 radical (unpaired) electrons. The molecule has 2 N–H and O–H groups in total. The van der Waals surface area contributed by atoms with Gasteiger partial charge in [-0.25, -0.2) is 0 Å². The van der Waals surface area contributed by atoms with Crippen LogP contribution < -0.4 is 5.73 Å². The molecule has 0 aliphatic heterocycles. The van der Waals surface area contributed by atoms with Crippen molar-refractivity contribution in [3.05, 3.63) is 18.5 Å². The Kier molecular flexibility index (Phi) is 4.12. The van der Waals surface area contributed by atoms with E-state index in [9.17, 15) is 4.79 Å². The maximum absolute atomic E-state index is 9.22. The van der Waals surface area contributed by atoms with Gasteiger partial charge in [-0.05, 0) is 6.07 Å². The minimum atomic E-state index is -0.333. The molecule has 1 rings (SSSR count). The monoisotopic (exact) mass is 128 g/mol. The maximum Gasteiger partial charge on any atom is 0.214 e. The van der Waals surface area contributed by atoms with Crippen LogP contribution in [-0.2, 0) is 4.79 Å². The van der Waals surface area contributed by atoms with E-state index in [1.807, 2.05) is 0 Å². The molecule has 0 saturated carbocycles. The molecular formula is C5H8N2O2. The average molecular weight is 128 g/mol. The van der Waals surface area contributed by atoms with Gasteiger partial charge in [-0.15, -0.1) is 0 Å². The molecule has 1 aromatic heterocycles. The van der Waals surface area contributed by atoms with Crippen LogP contribution in [0.2, 0.25) is 0 Å². The Morgan fingerprint density at radius 3 is 2.44 bits per heavy atom. The summed E-state index contributed by atoms with van der Waals surface area (Å²) in [6.45, 7) is 1.31. The fourth-order valence-electron chi connectivity index (χ4n) is 0.176. The Balaban J connectivity index is 0.000000148. The van der Waals surface area contributed by atoms with Gasteiger partial charge in [0.1, 0.15) is 6.26 Å². The Bertz CT molecular complexity index is 127. The fourth-order valence-corrected chi connectivity index (χ4v) is 0.176. The largest absolute Gasteiger partial charge is 0.370 e. The molecule has 4 nitrogen and oxygen atoms in total. The van der Waals surface area contributed by atoms with Gasteiger partial charge in [0.05, 0.1) is 6.20 Å². The van der Waals surface area contributed by atoms with Crippen LogP contribution >= 0.6 is 0 Å². The van der Waals surface area contributed by atoms with Crippen LogP contribution in [0.4, 0.5) is 0 Å². The summed E-state index contributed by atoms with van der Waals surface area (Å²) >= 11 is 0. The van der Waals surface area contributed by atoms with Crippen molar-refractivity contribution < 1.29 is 9.32 Å². The summed E-state index contributed by atoms with van der Waals surface area (Å²) in [7, 11) is 0. The number of rotatable bonds is 0. The molecule has 1 aromatic rings. The van der Waals surface area contributed by atoms with Gasteiger partial charge in [0.15, 0.2) is 0 Å². The zero-order valence-corrected chi connectivity index (χ0v) is 5.07. The van der Waals surface area contributed by atoms with Gasteiger partial charge < -0.3 is 10.3 Å². The second-order valence-corrected chi connectivity index (χ2v) is 1.30. The molecule has 0 spiro atoms. The highest BCUT2D eigenvalue weighted by molar-refractivity contribution is 5.70. The lowest BCUT2D eigenvalue weighted by Crippen LogP contribution is -2.01. The van der Waals surface area contributed by atoms with E-state index in [4.69, 9.17) is 0 Å². The van der Waals surface area contributed by atoms with Gasteiger partial charge in [-0.1, -0.05) is 5.16 Å². The number of aromatic nitrogens is 1. The van der Waals surface area contributed by atoms with Crippen LogP contribution in [0.1, 0.15) is 6.92 Å².